The number of terminal acetylenes is 1. The van der Waals surface area contributed by atoms with Crippen LogP contribution in [-0.4, -0.2) is 12.6 Å². The summed E-state index contributed by atoms with van der Waals surface area (Å²) in [5, 5.41) is 0. The quantitative estimate of drug-likeness (QED) is 0.434. The Kier molecular flexibility index (Phi) is 3.14. The molecule has 0 aliphatic heterocycles. The minimum atomic E-state index is -0.449. The van der Waals surface area contributed by atoms with Crippen LogP contribution in [0.25, 0.3) is 0 Å². The van der Waals surface area contributed by atoms with Crippen molar-refractivity contribution in [3.05, 3.63) is 29.3 Å². The fourth-order valence-electron chi connectivity index (χ4n) is 0.958. The van der Waals surface area contributed by atoms with Gasteiger partial charge in [-0.3, -0.25) is 0 Å². The van der Waals surface area contributed by atoms with Gasteiger partial charge in [-0.2, -0.15) is 0 Å². The Morgan fingerprint density at radius 2 is 2.36 bits per heavy atom. The summed E-state index contributed by atoms with van der Waals surface area (Å²) in [7, 11) is 0. The molecule has 0 amide bonds. The van der Waals surface area contributed by atoms with Crippen LogP contribution in [0.15, 0.2) is 18.2 Å². The molecular formula is C11H11NO2. The van der Waals surface area contributed by atoms with Crippen LogP contribution in [0.2, 0.25) is 0 Å². The number of nitrogens with two attached hydrogens (primary N) is 1. The SMILES string of the molecule is C#CCOC(=O)c1ccc(C)c(N)c1. The van der Waals surface area contributed by atoms with Crippen LogP contribution < -0.4 is 5.73 Å². The maximum Gasteiger partial charge on any atom is 0.339 e. The molecule has 2 N–H and O–H groups in total. The van der Waals surface area contributed by atoms with Crippen molar-refractivity contribution in [1.82, 2.24) is 0 Å². The highest BCUT2D eigenvalue weighted by molar-refractivity contribution is 5.90. The molecule has 0 unspecified atom stereocenters. The van der Waals surface area contributed by atoms with Crippen LogP contribution in [0, 0.1) is 19.3 Å². The van der Waals surface area contributed by atoms with Gasteiger partial charge >= 0.3 is 5.97 Å². The van der Waals surface area contributed by atoms with E-state index in [1.165, 1.54) is 0 Å². The molecule has 3 nitrogen and oxygen atoms in total. The zero-order valence-electron chi connectivity index (χ0n) is 7.91. The lowest BCUT2D eigenvalue weighted by atomic mass is 10.1. The van der Waals surface area contributed by atoms with Crippen molar-refractivity contribution >= 4 is 11.7 Å². The number of hydrogen-bond donors (Lipinski definition) is 1. The van der Waals surface area contributed by atoms with Crippen LogP contribution in [0.4, 0.5) is 5.69 Å². The summed E-state index contributed by atoms with van der Waals surface area (Å²) in [6.07, 6.45) is 4.96. The van der Waals surface area contributed by atoms with Crippen molar-refractivity contribution in [1.29, 1.82) is 0 Å². The Balaban J connectivity index is 2.82. The topological polar surface area (TPSA) is 52.3 Å². The molecule has 14 heavy (non-hydrogen) atoms. The Morgan fingerprint density at radius 1 is 1.64 bits per heavy atom. The lowest BCUT2D eigenvalue weighted by Crippen LogP contribution is -2.06. The molecular weight excluding hydrogens is 178 g/mol. The van der Waals surface area contributed by atoms with Gasteiger partial charge in [-0.25, -0.2) is 4.79 Å². The first-order valence-electron chi connectivity index (χ1n) is 4.12. The van der Waals surface area contributed by atoms with Gasteiger partial charge in [-0.05, 0) is 24.6 Å². The fraction of sp³-hybridized carbons (Fsp3) is 0.182. The van der Waals surface area contributed by atoms with Gasteiger partial charge in [-0.15, -0.1) is 6.42 Å². The largest absolute Gasteiger partial charge is 0.449 e. The highest BCUT2D eigenvalue weighted by Gasteiger charge is 2.07. The van der Waals surface area contributed by atoms with Crippen molar-refractivity contribution in [3.8, 4) is 12.3 Å². The molecule has 0 bridgehead atoms. The van der Waals surface area contributed by atoms with E-state index in [0.29, 0.717) is 11.3 Å². The van der Waals surface area contributed by atoms with Crippen LogP contribution in [0.3, 0.4) is 0 Å². The number of aryl methyl sites for hydroxylation is 1. The maximum absolute atomic E-state index is 11.3. The van der Waals surface area contributed by atoms with E-state index in [4.69, 9.17) is 16.9 Å². The van der Waals surface area contributed by atoms with Crippen molar-refractivity contribution in [2.24, 2.45) is 0 Å². The number of rotatable bonds is 2. The predicted molar refractivity (Wildman–Crippen MR) is 54.7 cm³/mol. The molecule has 0 saturated heterocycles. The summed E-state index contributed by atoms with van der Waals surface area (Å²) < 4.78 is 4.74. The smallest absolute Gasteiger partial charge is 0.339 e. The van der Waals surface area contributed by atoms with Crippen LogP contribution in [0.5, 0.6) is 0 Å². The number of carbonyl (C=O) groups excluding carboxylic acids is 1. The molecule has 3 heteroatoms. The van der Waals surface area contributed by atoms with E-state index in [9.17, 15) is 4.79 Å². The number of ether oxygens (including phenoxy) is 1. The number of hydrogen-bond acceptors (Lipinski definition) is 3. The summed E-state index contributed by atoms with van der Waals surface area (Å²) >= 11 is 0. The summed E-state index contributed by atoms with van der Waals surface area (Å²) in [5.74, 6) is 1.77. The molecule has 0 heterocycles. The first kappa shape index (κ1) is 10.1. The number of nitrogen functional groups attached to an aromatic ring is 1. The molecule has 1 rings (SSSR count). The van der Waals surface area contributed by atoms with Gasteiger partial charge in [0.2, 0.25) is 0 Å². The summed E-state index contributed by atoms with van der Waals surface area (Å²) in [4.78, 5) is 11.3. The molecule has 1 aromatic rings. The maximum atomic E-state index is 11.3. The van der Waals surface area contributed by atoms with E-state index in [1.807, 2.05) is 6.92 Å². The lowest BCUT2D eigenvalue weighted by molar-refractivity contribution is 0.0557. The first-order chi connectivity index (χ1) is 6.65. The summed E-state index contributed by atoms with van der Waals surface area (Å²) in [6, 6.07) is 5.00. The van der Waals surface area contributed by atoms with E-state index in [1.54, 1.807) is 18.2 Å². The summed E-state index contributed by atoms with van der Waals surface area (Å²) in [6.45, 7) is 1.85. The molecule has 0 radical (unpaired) electrons. The second-order valence-electron chi connectivity index (χ2n) is 2.85. The molecule has 0 atom stereocenters. The van der Waals surface area contributed by atoms with Gasteiger partial charge in [0.15, 0.2) is 6.61 Å². The molecule has 0 fully saturated rings. The highest BCUT2D eigenvalue weighted by Crippen LogP contribution is 2.13. The Hall–Kier alpha value is -1.95. The van der Waals surface area contributed by atoms with E-state index < -0.39 is 5.97 Å². The van der Waals surface area contributed by atoms with Crippen molar-refractivity contribution in [3.63, 3.8) is 0 Å². The predicted octanol–water partition coefficient (Wildman–Crippen LogP) is 1.37. The van der Waals surface area contributed by atoms with E-state index in [0.717, 1.165) is 5.56 Å². The minimum Gasteiger partial charge on any atom is -0.449 e. The fourth-order valence-corrected chi connectivity index (χ4v) is 0.958. The molecule has 1 aromatic carbocycles. The zero-order valence-corrected chi connectivity index (χ0v) is 7.91. The third-order valence-corrected chi connectivity index (χ3v) is 1.80. The molecule has 0 aliphatic carbocycles. The van der Waals surface area contributed by atoms with Gasteiger partial charge in [0.05, 0.1) is 5.56 Å². The third kappa shape index (κ3) is 2.27. The van der Waals surface area contributed by atoms with Crippen LogP contribution in [-0.2, 0) is 4.74 Å². The van der Waals surface area contributed by atoms with E-state index in [-0.39, 0.29) is 6.61 Å². The van der Waals surface area contributed by atoms with Gasteiger partial charge in [0, 0.05) is 5.69 Å². The van der Waals surface area contributed by atoms with E-state index >= 15 is 0 Å². The van der Waals surface area contributed by atoms with Gasteiger partial charge in [0.25, 0.3) is 0 Å². The Bertz CT molecular complexity index is 391. The average Bonchev–Trinajstić information content (AvgIpc) is 2.18. The lowest BCUT2D eigenvalue weighted by Gasteiger charge is -2.03. The van der Waals surface area contributed by atoms with E-state index in [2.05, 4.69) is 5.92 Å². The number of esters is 1. The normalized spacial score (nSPS) is 9.14. The number of anilines is 1. The first-order valence-corrected chi connectivity index (χ1v) is 4.12. The molecule has 0 saturated carbocycles. The molecule has 0 aliphatic rings. The van der Waals surface area contributed by atoms with Gasteiger partial charge < -0.3 is 10.5 Å². The average molecular weight is 189 g/mol. The van der Waals surface area contributed by atoms with Gasteiger partial charge in [-0.1, -0.05) is 12.0 Å². The molecule has 0 spiro atoms. The minimum absolute atomic E-state index is 0.0212. The summed E-state index contributed by atoms with van der Waals surface area (Å²) in [5.41, 5.74) is 7.56. The highest BCUT2D eigenvalue weighted by atomic mass is 16.5. The standard InChI is InChI=1S/C11H11NO2/c1-3-6-14-11(13)9-5-4-8(2)10(12)7-9/h1,4-5,7H,6,12H2,2H3. The van der Waals surface area contributed by atoms with Crippen molar-refractivity contribution in [2.75, 3.05) is 12.3 Å². The monoisotopic (exact) mass is 189 g/mol. The van der Waals surface area contributed by atoms with Crippen molar-refractivity contribution < 1.29 is 9.53 Å². The van der Waals surface area contributed by atoms with Crippen LogP contribution in [0.1, 0.15) is 15.9 Å². The molecule has 0 aromatic heterocycles. The number of benzene rings is 1. The Labute approximate surface area is 82.9 Å². The molecule has 72 valence electrons. The Morgan fingerprint density at radius 3 is 2.93 bits per heavy atom. The van der Waals surface area contributed by atoms with Crippen LogP contribution >= 0.6 is 0 Å². The van der Waals surface area contributed by atoms with Crippen molar-refractivity contribution in [2.45, 2.75) is 6.92 Å². The van der Waals surface area contributed by atoms with Gasteiger partial charge in [0.1, 0.15) is 0 Å². The second-order valence-corrected chi connectivity index (χ2v) is 2.85. The number of carbonyl (C=O) groups is 1. The zero-order chi connectivity index (χ0) is 10.6. The third-order valence-electron chi connectivity index (χ3n) is 1.80. The second kappa shape index (κ2) is 4.33.